The molecule has 0 saturated heterocycles. The monoisotopic (exact) mass is 212 g/mol. The molecule has 0 saturated carbocycles. The maximum absolute atomic E-state index is 10.9. The van der Waals surface area contributed by atoms with Crippen LogP contribution < -0.4 is 0 Å². The van der Waals surface area contributed by atoms with Gasteiger partial charge in [-0.3, -0.25) is 0 Å². The van der Waals surface area contributed by atoms with Gasteiger partial charge in [-0.2, -0.15) is 0 Å². The Kier molecular flexibility index (Phi) is 2.17. The molecule has 1 aromatic heterocycles. The van der Waals surface area contributed by atoms with Crippen LogP contribution in [0.4, 0.5) is 0 Å². The van der Waals surface area contributed by atoms with Crippen LogP contribution in [-0.2, 0) is 9.47 Å². The molecule has 2 rings (SSSR count). The van der Waals surface area contributed by atoms with Crippen molar-refractivity contribution in [3.63, 3.8) is 0 Å². The van der Waals surface area contributed by atoms with E-state index in [2.05, 4.69) is 0 Å². The molecule has 5 heteroatoms. The van der Waals surface area contributed by atoms with E-state index in [9.17, 15) is 4.79 Å². The minimum absolute atomic E-state index is 0.274. The molecule has 1 aliphatic heterocycles. The van der Waals surface area contributed by atoms with Crippen LogP contribution in [0.5, 0.6) is 0 Å². The molecule has 1 N–H and O–H groups in total. The highest BCUT2D eigenvalue weighted by Gasteiger charge is 2.26. The molecule has 2 heterocycles. The Morgan fingerprint density at radius 2 is 2.14 bits per heavy atom. The first kappa shape index (κ1) is 9.08. The van der Waals surface area contributed by atoms with Gasteiger partial charge in [-0.25, -0.2) is 4.79 Å². The van der Waals surface area contributed by atoms with Gasteiger partial charge >= 0.3 is 5.97 Å². The molecule has 14 heavy (non-hydrogen) atoms. The number of hydrogen-bond donors (Lipinski definition) is 1. The first-order valence-electron chi connectivity index (χ1n) is 3.97. The molecule has 0 aromatic carbocycles. The van der Waals surface area contributed by atoms with E-state index in [1.165, 1.54) is 23.9 Å². The number of carboxylic acids is 1. The highest BCUT2D eigenvalue weighted by atomic mass is 32.1. The van der Waals surface area contributed by atoms with Gasteiger partial charge < -0.3 is 14.6 Å². The zero-order valence-electron chi connectivity index (χ0n) is 7.39. The van der Waals surface area contributed by atoms with Crippen LogP contribution in [0.25, 0.3) is 0 Å². The van der Waals surface area contributed by atoms with Gasteiger partial charge in [0.05, 0.1) is 5.56 Å². The number of aromatic carboxylic acids is 1. The molecule has 0 atom stereocenters. The Hall–Kier alpha value is -1.49. The SMILES string of the molecule is Cc1csc(C(=O)O)c1C1OC=CO1. The zero-order valence-corrected chi connectivity index (χ0v) is 8.21. The third kappa shape index (κ3) is 1.35. The fraction of sp³-hybridized carbons (Fsp3) is 0.222. The Labute approximate surface area is 84.4 Å². The number of carboxylic acid groups (broad SMARTS) is 1. The number of aryl methyl sites for hydroxylation is 1. The van der Waals surface area contributed by atoms with Crippen LogP contribution in [0.3, 0.4) is 0 Å². The van der Waals surface area contributed by atoms with Gasteiger partial charge in [0.2, 0.25) is 0 Å². The van der Waals surface area contributed by atoms with Crippen molar-refractivity contribution in [2.45, 2.75) is 13.2 Å². The van der Waals surface area contributed by atoms with Crippen LogP contribution in [0.1, 0.15) is 27.1 Å². The Morgan fingerprint density at radius 3 is 2.71 bits per heavy atom. The van der Waals surface area contributed by atoms with E-state index >= 15 is 0 Å². The molecule has 0 amide bonds. The Balaban J connectivity index is 2.39. The minimum atomic E-state index is -0.947. The van der Waals surface area contributed by atoms with Crippen molar-refractivity contribution in [1.29, 1.82) is 0 Å². The average molecular weight is 212 g/mol. The number of ether oxygens (including phenoxy) is 2. The predicted octanol–water partition coefficient (Wildman–Crippen LogP) is 2.27. The van der Waals surface area contributed by atoms with Gasteiger partial charge in [0, 0.05) is 0 Å². The summed E-state index contributed by atoms with van der Waals surface area (Å²) in [6, 6.07) is 0. The summed E-state index contributed by atoms with van der Waals surface area (Å²) in [5.74, 6) is -0.947. The maximum Gasteiger partial charge on any atom is 0.346 e. The molecule has 0 aliphatic carbocycles. The fourth-order valence-electron chi connectivity index (χ4n) is 1.29. The molecule has 0 spiro atoms. The van der Waals surface area contributed by atoms with Gasteiger partial charge in [0.15, 0.2) is 0 Å². The number of hydrogen-bond acceptors (Lipinski definition) is 4. The smallest absolute Gasteiger partial charge is 0.346 e. The lowest BCUT2D eigenvalue weighted by Crippen LogP contribution is -2.05. The molecular weight excluding hydrogens is 204 g/mol. The molecule has 0 bridgehead atoms. The molecule has 0 fully saturated rings. The van der Waals surface area contributed by atoms with Crippen LogP contribution >= 0.6 is 11.3 Å². The number of carbonyl (C=O) groups is 1. The van der Waals surface area contributed by atoms with Crippen molar-refractivity contribution in [2.75, 3.05) is 0 Å². The van der Waals surface area contributed by atoms with Crippen LogP contribution in [0.15, 0.2) is 17.9 Å². The van der Waals surface area contributed by atoms with Crippen molar-refractivity contribution in [2.24, 2.45) is 0 Å². The average Bonchev–Trinajstić information content (AvgIpc) is 2.71. The standard InChI is InChI=1S/C9H8O4S/c1-5-4-14-7(8(10)11)6(5)9-12-2-3-13-9/h2-4,9H,1H3,(H,10,11). The number of rotatable bonds is 2. The molecule has 4 nitrogen and oxygen atoms in total. The molecule has 74 valence electrons. The molecule has 1 aliphatic rings. The zero-order chi connectivity index (χ0) is 10.1. The Morgan fingerprint density at radius 1 is 1.50 bits per heavy atom. The van der Waals surface area contributed by atoms with E-state index in [-0.39, 0.29) is 4.88 Å². The third-order valence-corrected chi connectivity index (χ3v) is 3.01. The third-order valence-electron chi connectivity index (χ3n) is 1.91. The second-order valence-corrected chi connectivity index (χ2v) is 3.72. The van der Waals surface area contributed by atoms with Crippen molar-refractivity contribution in [3.05, 3.63) is 33.9 Å². The van der Waals surface area contributed by atoms with Crippen molar-refractivity contribution < 1.29 is 19.4 Å². The lowest BCUT2D eigenvalue weighted by atomic mass is 10.1. The normalized spacial score (nSPS) is 15.2. The molecule has 0 radical (unpaired) electrons. The quantitative estimate of drug-likeness (QED) is 0.817. The second kappa shape index (κ2) is 3.34. The maximum atomic E-state index is 10.9. The Bertz CT molecular complexity index is 386. The fourth-order valence-corrected chi connectivity index (χ4v) is 2.19. The van der Waals surface area contributed by atoms with Crippen molar-refractivity contribution in [1.82, 2.24) is 0 Å². The van der Waals surface area contributed by atoms with Crippen LogP contribution in [0, 0.1) is 6.92 Å². The van der Waals surface area contributed by atoms with E-state index in [1.54, 1.807) is 5.38 Å². The summed E-state index contributed by atoms with van der Waals surface area (Å²) >= 11 is 1.18. The summed E-state index contributed by atoms with van der Waals surface area (Å²) in [6.45, 7) is 1.84. The second-order valence-electron chi connectivity index (χ2n) is 2.84. The van der Waals surface area contributed by atoms with Gasteiger partial charge in [-0.1, -0.05) is 0 Å². The topological polar surface area (TPSA) is 55.8 Å². The summed E-state index contributed by atoms with van der Waals surface area (Å²) in [7, 11) is 0. The largest absolute Gasteiger partial charge is 0.477 e. The molecular formula is C9H8O4S. The van der Waals surface area contributed by atoms with Crippen molar-refractivity contribution >= 4 is 17.3 Å². The predicted molar refractivity (Wildman–Crippen MR) is 50.1 cm³/mol. The first-order chi connectivity index (χ1) is 6.70. The van der Waals surface area contributed by atoms with Gasteiger partial charge in [0.1, 0.15) is 17.4 Å². The van der Waals surface area contributed by atoms with E-state index in [4.69, 9.17) is 14.6 Å². The summed E-state index contributed by atoms with van der Waals surface area (Å²) in [5.41, 5.74) is 1.48. The van der Waals surface area contributed by atoms with E-state index < -0.39 is 12.3 Å². The lowest BCUT2D eigenvalue weighted by Gasteiger charge is -2.10. The number of thiophene rings is 1. The van der Waals surface area contributed by atoms with E-state index in [0.29, 0.717) is 5.56 Å². The minimum Gasteiger partial charge on any atom is -0.477 e. The van der Waals surface area contributed by atoms with Gasteiger partial charge in [-0.05, 0) is 17.9 Å². The summed E-state index contributed by atoms with van der Waals surface area (Å²) < 4.78 is 10.2. The molecule has 0 unspecified atom stereocenters. The molecule has 1 aromatic rings. The first-order valence-corrected chi connectivity index (χ1v) is 4.85. The van der Waals surface area contributed by atoms with E-state index in [0.717, 1.165) is 5.56 Å². The summed E-state index contributed by atoms with van der Waals surface area (Å²) in [4.78, 5) is 11.1. The van der Waals surface area contributed by atoms with E-state index in [1.807, 2.05) is 6.92 Å². The summed E-state index contributed by atoms with van der Waals surface area (Å²) in [5, 5.41) is 10.7. The van der Waals surface area contributed by atoms with Crippen LogP contribution in [0.2, 0.25) is 0 Å². The van der Waals surface area contributed by atoms with Crippen LogP contribution in [-0.4, -0.2) is 11.1 Å². The summed E-state index contributed by atoms with van der Waals surface area (Å²) in [6.07, 6.45) is 2.22. The lowest BCUT2D eigenvalue weighted by molar-refractivity contribution is -0.0255. The highest BCUT2D eigenvalue weighted by Crippen LogP contribution is 2.33. The van der Waals surface area contributed by atoms with Crippen molar-refractivity contribution in [3.8, 4) is 0 Å². The van der Waals surface area contributed by atoms with Gasteiger partial charge in [0.25, 0.3) is 6.29 Å². The highest BCUT2D eigenvalue weighted by molar-refractivity contribution is 7.12. The van der Waals surface area contributed by atoms with Gasteiger partial charge in [-0.15, -0.1) is 11.3 Å².